The first-order valence-corrected chi connectivity index (χ1v) is 6.23. The Hall–Kier alpha value is -1.10. The maximum Gasteiger partial charge on any atom is 0.186 e. The summed E-state index contributed by atoms with van der Waals surface area (Å²) in [6, 6.07) is 14.7. The molecule has 0 radical (unpaired) electrons. The van der Waals surface area contributed by atoms with Crippen LogP contribution < -0.4 is 0 Å². The molecule has 0 aliphatic heterocycles. The summed E-state index contributed by atoms with van der Waals surface area (Å²) in [5, 5.41) is 0. The van der Waals surface area contributed by atoms with E-state index in [-0.39, 0.29) is 0 Å². The fourth-order valence-corrected chi connectivity index (χ4v) is 2.14. The molecule has 0 fully saturated rings. The van der Waals surface area contributed by atoms with E-state index in [4.69, 9.17) is 4.55 Å². The summed E-state index contributed by atoms with van der Waals surface area (Å²) in [6.45, 7) is 0. The first-order valence-electron chi connectivity index (χ1n) is 4.68. The minimum absolute atomic E-state index is 0.386. The quantitative estimate of drug-likeness (QED) is 0.634. The Kier molecular flexibility index (Phi) is 3.43. The summed E-state index contributed by atoms with van der Waals surface area (Å²) in [5.41, 5.74) is 1.85. The number of thiol groups is 1. The van der Waals surface area contributed by atoms with E-state index in [2.05, 4.69) is 12.6 Å². The molecule has 0 aliphatic carbocycles. The van der Waals surface area contributed by atoms with Crippen molar-refractivity contribution in [2.24, 2.45) is 0 Å². The summed E-state index contributed by atoms with van der Waals surface area (Å²) in [6.07, 6.45) is 0. The maximum atomic E-state index is 11.0. The lowest BCUT2D eigenvalue weighted by Crippen LogP contribution is -1.89. The predicted octanol–water partition coefficient (Wildman–Crippen LogP) is 3.22. The van der Waals surface area contributed by atoms with E-state index in [0.717, 1.165) is 16.0 Å². The van der Waals surface area contributed by atoms with Gasteiger partial charge in [-0.2, -0.15) is 0 Å². The molecule has 16 heavy (non-hydrogen) atoms. The highest BCUT2D eigenvalue weighted by Gasteiger charge is 2.06. The highest BCUT2D eigenvalue weighted by atomic mass is 32.2. The molecule has 0 saturated carbocycles. The average Bonchev–Trinajstić information content (AvgIpc) is 2.30. The minimum Gasteiger partial charge on any atom is -0.302 e. The van der Waals surface area contributed by atoms with Gasteiger partial charge in [-0.3, -0.25) is 0 Å². The number of hydrogen-bond acceptors (Lipinski definition) is 2. The van der Waals surface area contributed by atoms with Gasteiger partial charge in [-0.05, 0) is 29.3 Å². The fourth-order valence-electron chi connectivity index (χ4n) is 1.47. The highest BCUT2D eigenvalue weighted by molar-refractivity contribution is 7.80. The van der Waals surface area contributed by atoms with Gasteiger partial charge in [0.2, 0.25) is 0 Å². The molecular formula is C12H10O2S2. The molecule has 2 aromatic rings. The number of benzene rings is 2. The van der Waals surface area contributed by atoms with Gasteiger partial charge in [0.1, 0.15) is 0 Å². The first kappa shape index (κ1) is 11.4. The van der Waals surface area contributed by atoms with Gasteiger partial charge < -0.3 is 4.55 Å². The number of rotatable bonds is 2. The van der Waals surface area contributed by atoms with Crippen molar-refractivity contribution >= 4 is 23.7 Å². The van der Waals surface area contributed by atoms with Crippen LogP contribution >= 0.6 is 12.6 Å². The van der Waals surface area contributed by atoms with E-state index in [9.17, 15) is 4.21 Å². The van der Waals surface area contributed by atoms with Crippen LogP contribution in [0.5, 0.6) is 0 Å². The van der Waals surface area contributed by atoms with Crippen molar-refractivity contribution in [2.45, 2.75) is 9.79 Å². The molecule has 1 unspecified atom stereocenters. The van der Waals surface area contributed by atoms with Gasteiger partial charge in [0, 0.05) is 4.90 Å². The van der Waals surface area contributed by atoms with Crippen LogP contribution in [0, 0.1) is 0 Å². The zero-order valence-corrected chi connectivity index (χ0v) is 10.0. The maximum absolute atomic E-state index is 11.0. The Balaban J connectivity index is 2.56. The molecule has 0 bridgehead atoms. The van der Waals surface area contributed by atoms with E-state index in [1.807, 2.05) is 30.3 Å². The summed E-state index contributed by atoms with van der Waals surface area (Å²) in [7, 11) is 0. The largest absolute Gasteiger partial charge is 0.302 e. The average molecular weight is 250 g/mol. The second-order valence-electron chi connectivity index (χ2n) is 3.29. The van der Waals surface area contributed by atoms with Crippen molar-refractivity contribution in [3.05, 3.63) is 48.5 Å². The summed E-state index contributed by atoms with van der Waals surface area (Å²) < 4.78 is 20.0. The van der Waals surface area contributed by atoms with Crippen molar-refractivity contribution in [3.8, 4) is 11.1 Å². The van der Waals surface area contributed by atoms with Crippen LogP contribution in [0.2, 0.25) is 0 Å². The third-order valence-corrected chi connectivity index (χ3v) is 3.30. The highest BCUT2D eigenvalue weighted by Crippen LogP contribution is 2.28. The van der Waals surface area contributed by atoms with Gasteiger partial charge in [0.15, 0.2) is 11.1 Å². The summed E-state index contributed by atoms with van der Waals surface area (Å²) in [4.78, 5) is 1.18. The lowest BCUT2D eigenvalue weighted by Gasteiger charge is -2.06. The lowest BCUT2D eigenvalue weighted by molar-refractivity contribution is 0.564. The van der Waals surface area contributed by atoms with Crippen LogP contribution in [0.1, 0.15) is 0 Å². The Labute approximate surface area is 102 Å². The van der Waals surface area contributed by atoms with E-state index >= 15 is 0 Å². The van der Waals surface area contributed by atoms with Gasteiger partial charge in [-0.15, -0.1) is 12.6 Å². The molecule has 82 valence electrons. The normalized spacial score (nSPS) is 12.4. The predicted molar refractivity (Wildman–Crippen MR) is 68.2 cm³/mol. The minimum atomic E-state index is -1.96. The Bertz CT molecular complexity index is 524. The van der Waals surface area contributed by atoms with Gasteiger partial charge in [0.25, 0.3) is 0 Å². The molecule has 2 rings (SSSR count). The molecule has 0 aliphatic rings. The fraction of sp³-hybridized carbons (Fsp3) is 0. The first-order chi connectivity index (χ1) is 7.68. The van der Waals surface area contributed by atoms with Crippen molar-refractivity contribution in [1.82, 2.24) is 0 Å². The lowest BCUT2D eigenvalue weighted by atomic mass is 10.1. The molecule has 0 saturated heterocycles. The van der Waals surface area contributed by atoms with Crippen molar-refractivity contribution in [1.29, 1.82) is 0 Å². The Morgan fingerprint density at radius 3 is 2.38 bits per heavy atom. The second-order valence-corrected chi connectivity index (χ2v) is 4.75. The summed E-state index contributed by atoms with van der Waals surface area (Å²) >= 11 is 2.39. The molecule has 4 heteroatoms. The van der Waals surface area contributed by atoms with Gasteiger partial charge in [-0.25, -0.2) is 4.21 Å². The molecule has 2 nitrogen and oxygen atoms in total. The zero-order chi connectivity index (χ0) is 11.5. The second kappa shape index (κ2) is 4.82. The topological polar surface area (TPSA) is 37.3 Å². The molecule has 0 aromatic heterocycles. The molecular weight excluding hydrogens is 240 g/mol. The van der Waals surface area contributed by atoms with Crippen LogP contribution in [0.15, 0.2) is 58.3 Å². The smallest absolute Gasteiger partial charge is 0.186 e. The third kappa shape index (κ3) is 2.35. The molecule has 1 N–H and O–H groups in total. The summed E-state index contributed by atoms with van der Waals surface area (Å²) in [5.74, 6) is 0. The van der Waals surface area contributed by atoms with Crippen molar-refractivity contribution in [2.75, 3.05) is 0 Å². The van der Waals surface area contributed by atoms with Gasteiger partial charge in [0.05, 0.1) is 4.90 Å². The Morgan fingerprint density at radius 1 is 1.06 bits per heavy atom. The SMILES string of the molecule is O=S(O)c1ccc(S)c(-c2ccccc2)c1. The molecule has 1 atom stereocenters. The third-order valence-electron chi connectivity index (χ3n) is 2.25. The monoisotopic (exact) mass is 250 g/mol. The van der Waals surface area contributed by atoms with E-state index in [0.29, 0.717) is 4.90 Å². The van der Waals surface area contributed by atoms with Crippen LogP contribution in [0.4, 0.5) is 0 Å². The van der Waals surface area contributed by atoms with Crippen molar-refractivity contribution in [3.63, 3.8) is 0 Å². The Morgan fingerprint density at radius 2 is 1.75 bits per heavy atom. The van der Waals surface area contributed by atoms with Gasteiger partial charge in [-0.1, -0.05) is 30.3 Å². The van der Waals surface area contributed by atoms with Crippen molar-refractivity contribution < 1.29 is 8.76 Å². The van der Waals surface area contributed by atoms with E-state index in [1.165, 1.54) is 0 Å². The van der Waals surface area contributed by atoms with E-state index < -0.39 is 11.1 Å². The number of hydrogen-bond donors (Lipinski definition) is 2. The molecule has 0 heterocycles. The van der Waals surface area contributed by atoms with E-state index in [1.54, 1.807) is 18.2 Å². The van der Waals surface area contributed by atoms with Crippen LogP contribution in [-0.2, 0) is 11.1 Å². The molecule has 0 spiro atoms. The van der Waals surface area contributed by atoms with Gasteiger partial charge >= 0.3 is 0 Å². The molecule has 2 aromatic carbocycles. The van der Waals surface area contributed by atoms with Crippen LogP contribution in [-0.4, -0.2) is 8.76 Å². The standard InChI is InChI=1S/C12H10O2S2/c13-16(14)10-6-7-12(15)11(8-10)9-4-2-1-3-5-9/h1-8,15H,(H,13,14). The molecule has 0 amide bonds. The van der Waals surface area contributed by atoms with Crippen LogP contribution in [0.3, 0.4) is 0 Å². The van der Waals surface area contributed by atoms with Crippen LogP contribution in [0.25, 0.3) is 11.1 Å². The zero-order valence-electron chi connectivity index (χ0n) is 8.33.